The fraction of sp³-hybridized carbons (Fsp3) is 0.182. The fourth-order valence-electron chi connectivity index (χ4n) is 2.45. The average molecular weight is 442 g/mol. The smallest absolute Gasteiger partial charge is 0.321 e. The Labute approximate surface area is 184 Å². The number of hydrogen-bond donors (Lipinski definition) is 1. The van der Waals surface area contributed by atoms with Crippen LogP contribution >= 0.6 is 11.8 Å². The molecule has 0 aromatic heterocycles. The number of esters is 1. The molecule has 0 aliphatic carbocycles. The van der Waals surface area contributed by atoms with E-state index in [0.29, 0.717) is 28.3 Å². The third kappa shape index (κ3) is 7.31. The van der Waals surface area contributed by atoms with Crippen LogP contribution in [0.15, 0.2) is 55.1 Å². The zero-order valence-electron chi connectivity index (χ0n) is 17.1. The number of benzene rings is 2. The van der Waals surface area contributed by atoms with E-state index < -0.39 is 16.8 Å². The second-order valence-corrected chi connectivity index (χ2v) is 7.30. The quantitative estimate of drug-likeness (QED) is 0.111. The maximum atomic E-state index is 12.2. The number of nitrogens with zero attached hydrogens (tertiary/aromatic N) is 1. The molecular weight excluding hydrogens is 420 g/mol. The molecule has 0 unspecified atom stereocenters. The van der Waals surface area contributed by atoms with Crippen LogP contribution in [-0.4, -0.2) is 35.4 Å². The minimum atomic E-state index is -0.524. The lowest BCUT2D eigenvalue weighted by molar-refractivity contribution is -0.384. The predicted octanol–water partition coefficient (Wildman–Crippen LogP) is 4.39. The molecule has 0 saturated heterocycles. The van der Waals surface area contributed by atoms with Gasteiger partial charge in [0.05, 0.1) is 23.5 Å². The molecule has 9 heteroatoms. The third-order valence-corrected chi connectivity index (χ3v) is 4.90. The first-order valence-corrected chi connectivity index (χ1v) is 10.3. The Kier molecular flexibility index (Phi) is 8.83. The first-order chi connectivity index (χ1) is 14.8. The lowest BCUT2D eigenvalue weighted by atomic mass is 10.1. The number of carbonyl (C=O) groups excluding carboxylic acids is 2. The molecule has 1 amide bonds. The maximum absolute atomic E-state index is 12.2. The molecule has 0 bridgehead atoms. The molecule has 0 aliphatic heterocycles. The molecule has 0 fully saturated rings. The van der Waals surface area contributed by atoms with Gasteiger partial charge in [0, 0.05) is 24.0 Å². The Morgan fingerprint density at radius 2 is 2.00 bits per heavy atom. The number of nitro groups is 1. The van der Waals surface area contributed by atoms with Gasteiger partial charge in [0.15, 0.2) is 11.5 Å². The maximum Gasteiger partial charge on any atom is 0.321 e. The molecule has 8 nitrogen and oxygen atoms in total. The van der Waals surface area contributed by atoms with Crippen LogP contribution in [0.2, 0.25) is 0 Å². The van der Waals surface area contributed by atoms with Crippen LogP contribution in [0.4, 0.5) is 11.4 Å². The van der Waals surface area contributed by atoms with E-state index in [1.807, 2.05) is 0 Å². The Morgan fingerprint density at radius 1 is 1.23 bits per heavy atom. The first kappa shape index (κ1) is 23.7. The fourth-order valence-corrected chi connectivity index (χ4v) is 2.96. The minimum absolute atomic E-state index is 0.109. The number of nitrogens with one attached hydrogen (secondary N) is 1. The Hall–Kier alpha value is -3.59. The number of amides is 1. The van der Waals surface area contributed by atoms with E-state index in [1.54, 1.807) is 43.3 Å². The zero-order chi connectivity index (χ0) is 22.8. The summed E-state index contributed by atoms with van der Waals surface area (Å²) in [4.78, 5) is 34.5. The van der Waals surface area contributed by atoms with Crippen LogP contribution in [0, 0.1) is 17.0 Å². The largest absolute Gasteiger partial charge is 0.493 e. The summed E-state index contributed by atoms with van der Waals surface area (Å²) < 4.78 is 10.6. The molecule has 0 heterocycles. The van der Waals surface area contributed by atoms with E-state index in [-0.39, 0.29) is 17.2 Å². The van der Waals surface area contributed by atoms with Gasteiger partial charge < -0.3 is 14.8 Å². The van der Waals surface area contributed by atoms with E-state index in [0.717, 1.165) is 0 Å². The highest BCUT2D eigenvalue weighted by Crippen LogP contribution is 2.29. The van der Waals surface area contributed by atoms with Gasteiger partial charge in [0.1, 0.15) is 0 Å². The summed E-state index contributed by atoms with van der Waals surface area (Å²) in [5.41, 5.74) is 1.59. The topological polar surface area (TPSA) is 108 Å². The van der Waals surface area contributed by atoms with Crippen molar-refractivity contribution in [2.45, 2.75) is 6.92 Å². The summed E-state index contributed by atoms with van der Waals surface area (Å²) in [7, 11) is 1.45. The number of ether oxygens (including phenoxy) is 2. The number of nitro benzene ring substituents is 1. The zero-order valence-corrected chi connectivity index (χ0v) is 17.9. The molecular formula is C22H22N2O6S. The second kappa shape index (κ2) is 11.6. The van der Waals surface area contributed by atoms with Gasteiger partial charge in [-0.3, -0.25) is 19.7 Å². The van der Waals surface area contributed by atoms with Crippen molar-refractivity contribution in [2.75, 3.05) is 23.9 Å². The van der Waals surface area contributed by atoms with Crippen molar-refractivity contribution < 1.29 is 24.0 Å². The normalized spacial score (nSPS) is 10.5. The van der Waals surface area contributed by atoms with Gasteiger partial charge in [-0.2, -0.15) is 0 Å². The Bertz CT molecular complexity index is 1020. The minimum Gasteiger partial charge on any atom is -0.493 e. The van der Waals surface area contributed by atoms with Crippen LogP contribution in [0.5, 0.6) is 11.5 Å². The number of anilines is 1. The van der Waals surface area contributed by atoms with E-state index in [9.17, 15) is 19.7 Å². The van der Waals surface area contributed by atoms with Crippen LogP contribution < -0.4 is 14.8 Å². The molecule has 162 valence electrons. The van der Waals surface area contributed by atoms with Crippen molar-refractivity contribution in [1.82, 2.24) is 0 Å². The van der Waals surface area contributed by atoms with E-state index in [1.165, 1.54) is 37.1 Å². The molecule has 0 aliphatic rings. The van der Waals surface area contributed by atoms with Gasteiger partial charge in [-0.05, 0) is 36.3 Å². The number of hydrogen-bond acceptors (Lipinski definition) is 7. The average Bonchev–Trinajstić information content (AvgIpc) is 2.74. The molecule has 2 aromatic carbocycles. The molecule has 0 saturated carbocycles. The van der Waals surface area contributed by atoms with Crippen LogP contribution in [0.25, 0.3) is 6.08 Å². The van der Waals surface area contributed by atoms with Gasteiger partial charge >= 0.3 is 5.97 Å². The summed E-state index contributed by atoms with van der Waals surface area (Å²) in [5, 5.41) is 13.5. The summed E-state index contributed by atoms with van der Waals surface area (Å²) >= 11 is 1.39. The van der Waals surface area contributed by atoms with Crippen molar-refractivity contribution >= 4 is 41.1 Å². The summed E-state index contributed by atoms with van der Waals surface area (Å²) in [6, 6.07) is 9.13. The van der Waals surface area contributed by atoms with Crippen molar-refractivity contribution in [3.8, 4) is 11.5 Å². The van der Waals surface area contributed by atoms with Crippen molar-refractivity contribution in [3.63, 3.8) is 0 Å². The third-order valence-electron chi connectivity index (χ3n) is 3.98. The van der Waals surface area contributed by atoms with Crippen molar-refractivity contribution in [1.29, 1.82) is 0 Å². The lowest BCUT2D eigenvalue weighted by Gasteiger charge is -2.10. The first-order valence-electron chi connectivity index (χ1n) is 9.15. The summed E-state index contributed by atoms with van der Waals surface area (Å²) in [6.45, 7) is 5.33. The van der Waals surface area contributed by atoms with Gasteiger partial charge in [-0.25, -0.2) is 0 Å². The molecule has 0 radical (unpaired) electrons. The van der Waals surface area contributed by atoms with E-state index in [2.05, 4.69) is 11.9 Å². The molecule has 0 spiro atoms. The SMILES string of the molecule is C=CCSCC(=O)Oc1ccc(C=CC(=O)Nc2cc([N+](=O)[O-])ccc2C)cc1OC. The van der Waals surface area contributed by atoms with E-state index in [4.69, 9.17) is 9.47 Å². The summed E-state index contributed by atoms with van der Waals surface area (Å²) in [6.07, 6.45) is 4.55. The number of thioether (sulfide) groups is 1. The van der Waals surface area contributed by atoms with Crippen LogP contribution in [-0.2, 0) is 9.59 Å². The highest BCUT2D eigenvalue weighted by atomic mass is 32.2. The van der Waals surface area contributed by atoms with Gasteiger partial charge in [-0.1, -0.05) is 18.2 Å². The predicted molar refractivity (Wildman–Crippen MR) is 122 cm³/mol. The lowest BCUT2D eigenvalue weighted by Crippen LogP contribution is -2.11. The number of methoxy groups -OCH3 is 1. The van der Waals surface area contributed by atoms with Gasteiger partial charge in [-0.15, -0.1) is 18.3 Å². The summed E-state index contributed by atoms with van der Waals surface area (Å²) in [5.74, 6) is 0.610. The molecule has 0 atom stereocenters. The van der Waals surface area contributed by atoms with Gasteiger partial charge in [0.25, 0.3) is 5.69 Å². The molecule has 31 heavy (non-hydrogen) atoms. The number of rotatable bonds is 10. The molecule has 2 aromatic rings. The van der Waals surface area contributed by atoms with Gasteiger partial charge in [0.2, 0.25) is 5.91 Å². The molecule has 2 rings (SSSR count). The van der Waals surface area contributed by atoms with Crippen molar-refractivity contribution in [3.05, 3.63) is 76.4 Å². The van der Waals surface area contributed by atoms with Crippen LogP contribution in [0.1, 0.15) is 11.1 Å². The number of aryl methyl sites for hydroxylation is 1. The number of carbonyl (C=O) groups is 2. The monoisotopic (exact) mass is 442 g/mol. The van der Waals surface area contributed by atoms with E-state index >= 15 is 0 Å². The standard InChI is InChI=1S/C22H22N2O6S/c1-4-11-31-14-22(26)30-19-9-6-16(12-20(19)29-3)7-10-21(25)23-18-13-17(24(27)28)8-5-15(18)2/h4-10,12-13H,1,11,14H2,2-3H3,(H,23,25). The van der Waals surface area contributed by atoms with Crippen molar-refractivity contribution in [2.24, 2.45) is 0 Å². The molecule has 1 N–H and O–H groups in total. The highest BCUT2D eigenvalue weighted by Gasteiger charge is 2.12. The Balaban J connectivity index is 2.06. The number of non-ortho nitro benzene ring substituents is 1. The van der Waals surface area contributed by atoms with Crippen LogP contribution in [0.3, 0.4) is 0 Å². The highest BCUT2D eigenvalue weighted by molar-refractivity contribution is 8.00. The Morgan fingerprint density at radius 3 is 2.68 bits per heavy atom. The second-order valence-electron chi connectivity index (χ2n) is 6.27.